The molecule has 8 heterocycles. The molecule has 0 saturated heterocycles. The molecule has 0 spiro atoms. The van der Waals surface area contributed by atoms with E-state index < -0.39 is 71.4 Å². The van der Waals surface area contributed by atoms with Crippen molar-refractivity contribution in [2.75, 3.05) is 0 Å². The predicted molar refractivity (Wildman–Crippen MR) is 574 cm³/mol. The number of rotatable bonds is 24. The van der Waals surface area contributed by atoms with Gasteiger partial charge >= 0.3 is 23.9 Å². The van der Waals surface area contributed by atoms with Crippen molar-refractivity contribution in [1.82, 2.24) is 40.0 Å². The Labute approximate surface area is 876 Å². The summed E-state index contributed by atoms with van der Waals surface area (Å²) in [5, 5.41) is 63.9. The summed E-state index contributed by atoms with van der Waals surface area (Å²) in [6, 6.07) is 87.6. The van der Waals surface area contributed by atoms with E-state index in [0.29, 0.717) is 84.9 Å². The number of nitrogens with zero attached hydrogens (tertiary/aromatic N) is 9. The number of fused-ring (bicyclic) bond motifs is 4. The van der Waals surface area contributed by atoms with E-state index in [1.807, 2.05) is 213 Å². The largest absolute Gasteiger partial charge is 0.481 e. The quantitative estimate of drug-likeness (QED) is 0.0295. The number of aromatic amines is 3. The average Bonchev–Trinajstić information content (AvgIpc) is 1.56. The summed E-state index contributed by atoms with van der Waals surface area (Å²) in [5.41, 5.74) is 15.5. The topological polar surface area (TPSA) is 391 Å². The third kappa shape index (κ3) is 23.3. The van der Waals surface area contributed by atoms with E-state index in [1.54, 1.807) is 54.6 Å². The normalized spacial score (nSPS) is 15.2. The number of pyridine rings is 4. The van der Waals surface area contributed by atoms with Crippen LogP contribution in [-0.4, -0.2) is 131 Å². The van der Waals surface area contributed by atoms with Crippen LogP contribution in [-0.2, 0) is 38.4 Å². The molecule has 147 heavy (non-hydrogen) atoms. The number of carbonyl (C=O) groups excluding carboxylic acids is 4. The second kappa shape index (κ2) is 45.6. The molecular formula is C113H87Br4ClF2N12O15. The molecule has 4 amide bonds. The lowest BCUT2D eigenvalue weighted by Gasteiger charge is -2.22. The third-order valence-corrected chi connectivity index (χ3v) is 27.5. The van der Waals surface area contributed by atoms with E-state index in [-0.39, 0.29) is 104 Å². The number of nitrogens with one attached hydrogen (secondary N) is 3. The molecule has 0 fully saturated rings. The minimum absolute atomic E-state index is 0.0855. The monoisotopic (exact) mass is 2240 g/mol. The number of aromatic nitrogens is 4. The van der Waals surface area contributed by atoms with Crippen molar-refractivity contribution in [3.8, 4) is 44.5 Å². The first-order chi connectivity index (χ1) is 70.9. The summed E-state index contributed by atoms with van der Waals surface area (Å²) in [4.78, 5) is 151. The lowest BCUT2D eigenvalue weighted by atomic mass is 9.89. The number of carbonyl (C=O) groups is 8. The van der Waals surface area contributed by atoms with Gasteiger partial charge in [-0.25, -0.2) is 28.8 Å². The van der Waals surface area contributed by atoms with Gasteiger partial charge in [0.05, 0.1) is 94.9 Å². The lowest BCUT2D eigenvalue weighted by Crippen LogP contribution is -2.28. The first kappa shape index (κ1) is 103. The summed E-state index contributed by atoms with van der Waals surface area (Å²) < 4.78 is 32.0. The highest BCUT2D eigenvalue weighted by molar-refractivity contribution is 9.11. The Balaban J connectivity index is 0.000000134. The summed E-state index contributed by atoms with van der Waals surface area (Å²) >= 11 is 20.4. The van der Waals surface area contributed by atoms with Gasteiger partial charge in [0.2, 0.25) is 23.6 Å². The van der Waals surface area contributed by atoms with E-state index in [4.69, 9.17) is 42.1 Å². The Morgan fingerprint density at radius 3 is 0.993 bits per heavy atom. The van der Waals surface area contributed by atoms with Crippen LogP contribution < -0.4 is 16.7 Å². The summed E-state index contributed by atoms with van der Waals surface area (Å²) in [5.74, 6) is -7.02. The van der Waals surface area contributed by atoms with E-state index in [9.17, 15) is 61.5 Å². The molecule has 7 N–H and O–H groups in total. The lowest BCUT2D eigenvalue weighted by molar-refractivity contribution is -0.141. The number of hydrogen-bond donors (Lipinski definition) is 7. The number of carboxylic acids is 4. The SMILES string of the molecule is Cc1nc2ccc(Br)cc2c(-c2ccccc2)c1C1=NN(C(=O)CCC(=O)O)C(c2ccc(Br)cc2)C1.O=C(O)CCC(=O)N1N=C(c2c(-c3ccccc3)c3cc(Br)ccc3[nH]c2=O)CC1c1ccc(F)cc1.O=C(O)CCC(=O)N1N=C(c2c(-c3ccccc3)c3cc(Br)ccc3[nH]c2=O)CC1c1ccccc1F.O=C(O)CCC(=O)N1N=C(c2c(-c3ccccc3)c3cc(Cl)ccc3[nH]c2=O)CC1c1ccccc1. The molecule has 4 atom stereocenters. The van der Waals surface area contributed by atoms with Crippen LogP contribution in [0.5, 0.6) is 0 Å². The van der Waals surface area contributed by atoms with Crippen LogP contribution in [0.4, 0.5) is 8.78 Å². The number of carboxylic acid groups (broad SMARTS) is 4. The van der Waals surface area contributed by atoms with Crippen LogP contribution >= 0.6 is 75.3 Å². The minimum atomic E-state index is -1.12. The van der Waals surface area contributed by atoms with Crippen LogP contribution in [0.3, 0.4) is 0 Å². The highest BCUT2D eigenvalue weighted by atomic mass is 79.9. The van der Waals surface area contributed by atoms with Crippen molar-refractivity contribution in [1.29, 1.82) is 0 Å². The molecule has 0 radical (unpaired) electrons. The fourth-order valence-electron chi connectivity index (χ4n) is 18.6. The van der Waals surface area contributed by atoms with Crippen molar-refractivity contribution >= 4 is 189 Å². The van der Waals surface area contributed by atoms with Crippen molar-refractivity contribution < 1.29 is 67.6 Å². The number of halogens is 7. The Morgan fingerprint density at radius 1 is 0.327 bits per heavy atom. The number of aryl methyl sites for hydroxylation is 1. The molecule has 4 aliphatic heterocycles. The smallest absolute Gasteiger partial charge is 0.303 e. The molecule has 34 heteroatoms. The number of hydrogen-bond acceptors (Lipinski definition) is 16. The zero-order chi connectivity index (χ0) is 104. The Hall–Kier alpha value is -15.8. The maximum absolute atomic E-state index is 14.8. The molecule has 4 unspecified atom stereocenters. The van der Waals surface area contributed by atoms with Gasteiger partial charge in [-0.3, -0.25) is 57.7 Å². The minimum Gasteiger partial charge on any atom is -0.481 e. The fraction of sp³-hybridized carbons (Fsp3) is 0.150. The molecule has 20 rings (SSSR count). The van der Waals surface area contributed by atoms with Gasteiger partial charge in [0.1, 0.15) is 11.6 Å². The third-order valence-electron chi connectivity index (χ3n) is 25.3. The number of H-pyrrole nitrogens is 3. The van der Waals surface area contributed by atoms with Crippen molar-refractivity contribution in [3.63, 3.8) is 0 Å². The second-order valence-electron chi connectivity index (χ2n) is 34.9. The number of aliphatic carboxylic acids is 4. The average molecular weight is 2250 g/mol. The van der Waals surface area contributed by atoms with E-state index in [0.717, 1.165) is 106 Å². The second-order valence-corrected chi connectivity index (χ2v) is 39.0. The van der Waals surface area contributed by atoms with Crippen LogP contribution in [0.15, 0.2) is 350 Å². The van der Waals surface area contributed by atoms with Gasteiger partial charge in [-0.2, -0.15) is 20.4 Å². The van der Waals surface area contributed by atoms with Gasteiger partial charge in [0.15, 0.2) is 0 Å². The van der Waals surface area contributed by atoms with Gasteiger partial charge in [-0.05, 0) is 149 Å². The first-order valence-corrected chi connectivity index (χ1v) is 50.1. The Bertz CT molecular complexity index is 8220. The number of amides is 4. The van der Waals surface area contributed by atoms with Gasteiger partial charge < -0.3 is 35.4 Å². The maximum atomic E-state index is 14.8. The number of benzene rings is 12. The molecule has 0 bridgehead atoms. The summed E-state index contributed by atoms with van der Waals surface area (Å²) in [6.07, 6.45) is -1.06. The van der Waals surface area contributed by atoms with E-state index >= 15 is 0 Å². The zero-order valence-electron chi connectivity index (χ0n) is 78.0. The molecule has 0 saturated carbocycles. The van der Waals surface area contributed by atoms with Gasteiger partial charge in [0, 0.05) is 151 Å². The molecule has 0 aliphatic carbocycles. The van der Waals surface area contributed by atoms with Crippen molar-refractivity contribution in [3.05, 3.63) is 413 Å². The molecule has 16 aromatic rings. The zero-order valence-corrected chi connectivity index (χ0v) is 85.1. The molecule has 12 aromatic carbocycles. The highest BCUT2D eigenvalue weighted by Gasteiger charge is 2.42. The first-order valence-electron chi connectivity index (χ1n) is 46.5. The Morgan fingerprint density at radius 2 is 0.619 bits per heavy atom. The van der Waals surface area contributed by atoms with E-state index in [2.05, 4.69) is 112 Å². The van der Waals surface area contributed by atoms with Crippen LogP contribution in [0.25, 0.3) is 88.1 Å². The van der Waals surface area contributed by atoms with Crippen molar-refractivity contribution in [2.45, 2.75) is 108 Å². The Kier molecular flexibility index (Phi) is 31.9. The fourth-order valence-corrected chi connectivity index (χ4v) is 20.2. The highest BCUT2D eigenvalue weighted by Crippen LogP contribution is 2.46. The van der Waals surface area contributed by atoms with Crippen LogP contribution in [0.1, 0.15) is 151 Å². The molecule has 4 aliphatic rings. The van der Waals surface area contributed by atoms with E-state index in [1.165, 1.54) is 33.2 Å². The number of hydrazone groups is 4. The van der Waals surface area contributed by atoms with Crippen LogP contribution in [0, 0.1) is 18.6 Å². The molecule has 738 valence electrons. The maximum Gasteiger partial charge on any atom is 0.303 e. The van der Waals surface area contributed by atoms with Gasteiger partial charge in [0.25, 0.3) is 16.7 Å². The van der Waals surface area contributed by atoms with Gasteiger partial charge in [-0.1, -0.05) is 269 Å². The molecule has 4 aromatic heterocycles. The van der Waals surface area contributed by atoms with Crippen LogP contribution in [0.2, 0.25) is 5.02 Å². The van der Waals surface area contributed by atoms with Gasteiger partial charge in [-0.15, -0.1) is 0 Å². The molecular weight excluding hydrogens is 2160 g/mol. The standard InChI is InChI=1S/C29H23Br2N3O3.2C28H21BrFN3O4.C28H22ClN3O4/c1-17-28(29(19-5-3-2-4-6-19)22-15-21(31)11-12-23(22)32-17)24-16-25(18-7-9-20(30)10-8-18)34(33-24)26(35)13-14-27(36)37;29-17-10-11-21-19(14-17)26(16-6-2-1-3-7-16)27(28(37)31-21)22-15-23(18-8-4-5-9-20(18)30)33(32-22)24(34)12-13-25(35)36;29-18-8-11-21-20(14-18)26(17-4-2-1-3-5-17)27(28(37)31-21)22-15-23(16-6-9-19(30)10-7-16)33(32-22)24(34)12-13-25(35)36;29-19-11-12-21-20(15-19)26(18-9-5-2-6-10-18)27(28(36)30-21)22-16-23(17-7-3-1-4-8-17)32(31-22)24(33)13-14-25(34)35/h2-12,15,25H,13-14,16H2,1H3,(H,36,37);2*1-11,14,23H,12-13,15H2,(H,31,37)(H,35,36);1-12,15,23H,13-14,16H2,(H,30,36)(H,34,35). The predicted octanol–water partition coefficient (Wildman–Crippen LogP) is 23.9. The summed E-state index contributed by atoms with van der Waals surface area (Å²) in [6.45, 7) is 1.97. The summed E-state index contributed by atoms with van der Waals surface area (Å²) in [7, 11) is 0. The van der Waals surface area contributed by atoms with Crippen molar-refractivity contribution in [2.24, 2.45) is 20.4 Å². The molecule has 27 nitrogen and oxygen atoms in total.